The van der Waals surface area contributed by atoms with E-state index in [0.29, 0.717) is 5.46 Å². The number of fused-ring (bicyclic) bond motifs is 12. The maximum atomic E-state index is 10.2. The molecule has 4 heteroatoms. The SMILES string of the molecule is Brc1ccc(-c2cccc3c2ccc2ccccc23)cc1.OB(O)c1c2ccccc2c(-c2cccc(-c3ccc4ccccc4c3)c2)c2ccccc12.c1cc(-c2ccc3ccccc3c2)cc(-c2c3ccccc3c(-c3ccc(-c4cccc5c4ccc4ccccc45)cc3)c3ccccc23)c1. The molecular formula is C100H66BBrO2. The second kappa shape index (κ2) is 27.4. The average molecular weight is 1390 g/mol. The molecule has 20 aromatic rings. The molecule has 0 aromatic heterocycles. The molecule has 0 fully saturated rings. The molecule has 0 atom stereocenters. The van der Waals surface area contributed by atoms with Gasteiger partial charge in [0.05, 0.1) is 0 Å². The highest BCUT2D eigenvalue weighted by molar-refractivity contribution is 9.10. The Morgan fingerprint density at radius 3 is 0.865 bits per heavy atom. The van der Waals surface area contributed by atoms with Crippen molar-refractivity contribution in [3.63, 3.8) is 0 Å². The van der Waals surface area contributed by atoms with E-state index >= 15 is 0 Å². The van der Waals surface area contributed by atoms with Crippen molar-refractivity contribution < 1.29 is 10.0 Å². The topological polar surface area (TPSA) is 40.5 Å². The molecule has 0 spiro atoms. The zero-order valence-electron chi connectivity index (χ0n) is 56.8. The Kier molecular flexibility index (Phi) is 16.8. The Morgan fingerprint density at radius 2 is 0.452 bits per heavy atom. The van der Waals surface area contributed by atoms with Crippen LogP contribution in [0.1, 0.15) is 0 Å². The van der Waals surface area contributed by atoms with Gasteiger partial charge in [0.15, 0.2) is 0 Å². The molecule has 2 N–H and O–H groups in total. The summed E-state index contributed by atoms with van der Waals surface area (Å²) in [6.07, 6.45) is 0. The molecule has 104 heavy (non-hydrogen) atoms. The molecule has 0 aliphatic carbocycles. The molecule has 20 aromatic carbocycles. The molecule has 0 aliphatic rings. The molecule has 0 aliphatic heterocycles. The van der Waals surface area contributed by atoms with E-state index in [-0.39, 0.29) is 0 Å². The van der Waals surface area contributed by atoms with Gasteiger partial charge in [-0.25, -0.2) is 0 Å². The molecule has 20 rings (SSSR count). The van der Waals surface area contributed by atoms with Gasteiger partial charge >= 0.3 is 7.12 Å². The van der Waals surface area contributed by atoms with Crippen LogP contribution in [0, 0.1) is 0 Å². The molecule has 0 saturated carbocycles. The Labute approximate surface area is 612 Å². The van der Waals surface area contributed by atoms with Gasteiger partial charge in [0.1, 0.15) is 0 Å². The fourth-order valence-electron chi connectivity index (χ4n) is 16.0. The van der Waals surface area contributed by atoms with E-state index < -0.39 is 7.12 Å². The van der Waals surface area contributed by atoms with Crippen LogP contribution in [0.25, 0.3) is 186 Å². The van der Waals surface area contributed by atoms with E-state index in [9.17, 15) is 10.0 Å². The lowest BCUT2D eigenvalue weighted by Gasteiger charge is -2.18. The summed E-state index contributed by atoms with van der Waals surface area (Å²) in [6.45, 7) is 0. The first-order valence-corrected chi connectivity index (χ1v) is 36.2. The standard InChI is InChI=1S/C50H32.C30H21BO2.C20H13Br/c1-2-13-37-31-39(28-23-33(37)11-1)38-14-9-15-40(32-38)50-47-19-7-5-17-45(47)49(46-18-6-8-20-48(46)50)36-26-24-35(25-27-36)42-21-10-22-43-41-16-4-3-12-34(41)29-30-44(42)43;32-31(33)30-27-14-5-3-12-25(27)29(26-13-4-6-15-28(26)30)24-11-7-10-22(19-24)23-17-16-20-8-1-2-9-21(20)18-23;21-16-11-8-15(9-12-16)18-6-3-7-19-17-5-2-1-4-14(17)10-13-20(18)19/h1-32H;1-19,32-33H;1-13H. The quantitative estimate of drug-likeness (QED) is 0.0904. The zero-order valence-corrected chi connectivity index (χ0v) is 58.4. The Hall–Kier alpha value is -12.5. The van der Waals surface area contributed by atoms with E-state index in [4.69, 9.17) is 0 Å². The fourth-order valence-corrected chi connectivity index (χ4v) is 16.2. The van der Waals surface area contributed by atoms with Crippen LogP contribution in [-0.2, 0) is 0 Å². The summed E-state index contributed by atoms with van der Waals surface area (Å²) in [4.78, 5) is 0. The largest absolute Gasteiger partial charge is 0.489 e. The highest BCUT2D eigenvalue weighted by atomic mass is 79.9. The summed E-state index contributed by atoms with van der Waals surface area (Å²) >= 11 is 3.50. The van der Waals surface area contributed by atoms with Crippen molar-refractivity contribution in [2.24, 2.45) is 0 Å². The summed E-state index contributed by atoms with van der Waals surface area (Å²) in [5.74, 6) is 0. The summed E-state index contributed by atoms with van der Waals surface area (Å²) in [6, 6.07) is 139. The molecule has 0 bridgehead atoms. The predicted octanol–water partition coefficient (Wildman–Crippen LogP) is 26.7. The summed E-state index contributed by atoms with van der Waals surface area (Å²) in [7, 11) is -1.54. The molecule has 0 unspecified atom stereocenters. The third-order valence-corrected chi connectivity index (χ3v) is 21.4. The molecule has 0 heterocycles. The van der Waals surface area contributed by atoms with Crippen LogP contribution in [0.4, 0.5) is 0 Å². The van der Waals surface area contributed by atoms with Crippen molar-refractivity contribution in [3.8, 4) is 77.9 Å². The smallest absolute Gasteiger partial charge is 0.423 e. The molecule has 488 valence electrons. The average Bonchev–Trinajstić information content (AvgIpc) is 0.736. The summed E-state index contributed by atoms with van der Waals surface area (Å²) in [5.41, 5.74) is 17.6. The number of halogens is 1. The lowest BCUT2D eigenvalue weighted by molar-refractivity contribution is 0.426. The van der Waals surface area contributed by atoms with Crippen LogP contribution in [-0.4, -0.2) is 17.2 Å². The number of hydrogen-bond donors (Lipinski definition) is 2. The second-order valence-corrected chi connectivity index (χ2v) is 27.8. The maximum absolute atomic E-state index is 10.2. The minimum Gasteiger partial charge on any atom is -0.423 e. The predicted molar refractivity (Wildman–Crippen MR) is 450 cm³/mol. The molecular weight excluding hydrogens is 1320 g/mol. The summed E-state index contributed by atoms with van der Waals surface area (Å²) in [5, 5.41) is 44.6. The van der Waals surface area contributed by atoms with E-state index in [1.165, 1.54) is 147 Å². The number of rotatable bonds is 8. The Balaban J connectivity index is 0.000000122. The van der Waals surface area contributed by atoms with E-state index in [1.54, 1.807) is 0 Å². The van der Waals surface area contributed by atoms with Gasteiger partial charge in [-0.2, -0.15) is 0 Å². The third-order valence-electron chi connectivity index (χ3n) is 20.8. The molecule has 2 nitrogen and oxygen atoms in total. The van der Waals surface area contributed by atoms with Crippen LogP contribution in [0.15, 0.2) is 393 Å². The zero-order chi connectivity index (χ0) is 69.6. The third kappa shape index (κ3) is 11.8. The first-order chi connectivity index (χ1) is 51.3. The fraction of sp³-hybridized carbons (Fsp3) is 0. The molecule has 0 saturated heterocycles. The van der Waals surface area contributed by atoms with E-state index in [0.717, 1.165) is 42.7 Å². The lowest BCUT2D eigenvalue weighted by atomic mass is 9.72. The van der Waals surface area contributed by atoms with Crippen molar-refractivity contribution in [2.75, 3.05) is 0 Å². The van der Waals surface area contributed by atoms with Gasteiger partial charge in [-0.1, -0.05) is 368 Å². The highest BCUT2D eigenvalue weighted by Gasteiger charge is 2.23. The van der Waals surface area contributed by atoms with Gasteiger partial charge in [-0.15, -0.1) is 0 Å². The maximum Gasteiger partial charge on any atom is 0.489 e. The van der Waals surface area contributed by atoms with Crippen molar-refractivity contribution >= 4 is 136 Å². The minimum absolute atomic E-state index is 0.552. The van der Waals surface area contributed by atoms with Crippen molar-refractivity contribution in [1.82, 2.24) is 0 Å². The van der Waals surface area contributed by atoms with Crippen molar-refractivity contribution in [2.45, 2.75) is 0 Å². The van der Waals surface area contributed by atoms with Gasteiger partial charge < -0.3 is 10.0 Å². The van der Waals surface area contributed by atoms with E-state index in [2.05, 4.69) is 368 Å². The van der Waals surface area contributed by atoms with Gasteiger partial charge in [-0.05, 0) is 227 Å². The van der Waals surface area contributed by atoms with Gasteiger partial charge in [0.25, 0.3) is 0 Å². The number of benzene rings is 20. The van der Waals surface area contributed by atoms with E-state index in [1.807, 2.05) is 36.4 Å². The Bertz CT molecular complexity index is 6600. The number of hydrogen-bond acceptors (Lipinski definition) is 2. The summed E-state index contributed by atoms with van der Waals surface area (Å²) < 4.78 is 1.11. The van der Waals surface area contributed by atoms with Crippen LogP contribution in [0.3, 0.4) is 0 Å². The first-order valence-electron chi connectivity index (χ1n) is 35.4. The highest BCUT2D eigenvalue weighted by Crippen LogP contribution is 2.46. The molecule has 0 radical (unpaired) electrons. The lowest BCUT2D eigenvalue weighted by Crippen LogP contribution is -2.31. The normalized spacial score (nSPS) is 11.4. The minimum atomic E-state index is -1.54. The first kappa shape index (κ1) is 63.6. The Morgan fingerprint density at radius 1 is 0.173 bits per heavy atom. The van der Waals surface area contributed by atoms with Crippen LogP contribution >= 0.6 is 15.9 Å². The van der Waals surface area contributed by atoms with Gasteiger partial charge in [0, 0.05) is 4.47 Å². The van der Waals surface area contributed by atoms with Gasteiger partial charge in [0.2, 0.25) is 0 Å². The van der Waals surface area contributed by atoms with Crippen LogP contribution < -0.4 is 5.46 Å². The van der Waals surface area contributed by atoms with Crippen molar-refractivity contribution in [1.29, 1.82) is 0 Å². The van der Waals surface area contributed by atoms with Gasteiger partial charge in [-0.3, -0.25) is 0 Å². The monoisotopic (exact) mass is 1390 g/mol. The van der Waals surface area contributed by atoms with Crippen LogP contribution in [0.5, 0.6) is 0 Å². The van der Waals surface area contributed by atoms with Crippen LogP contribution in [0.2, 0.25) is 0 Å². The second-order valence-electron chi connectivity index (χ2n) is 26.8. The molecule has 0 amide bonds. The van der Waals surface area contributed by atoms with Crippen molar-refractivity contribution in [3.05, 3.63) is 393 Å².